The van der Waals surface area contributed by atoms with Gasteiger partial charge in [0.25, 0.3) is 0 Å². The molecule has 17 heavy (non-hydrogen) atoms. The Morgan fingerprint density at radius 2 is 1.88 bits per heavy atom. The van der Waals surface area contributed by atoms with Crippen LogP contribution in [0.4, 0.5) is 0 Å². The number of hydrogen-bond donors (Lipinski definition) is 1. The number of carboxylic acid groups (broad SMARTS) is 1. The van der Waals surface area contributed by atoms with E-state index >= 15 is 0 Å². The molecule has 0 saturated carbocycles. The fourth-order valence-electron chi connectivity index (χ4n) is 1.38. The molecule has 4 nitrogen and oxygen atoms in total. The number of rotatable bonds is 6. The summed E-state index contributed by atoms with van der Waals surface area (Å²) in [5.41, 5.74) is 1.10. The maximum absolute atomic E-state index is 11.2. The fraction of sp³-hybridized carbons (Fsp3) is 0.385. The number of carboxylic acids is 1. The van der Waals surface area contributed by atoms with Crippen LogP contribution in [-0.4, -0.2) is 23.7 Å². The van der Waals surface area contributed by atoms with Crippen molar-refractivity contribution in [3.8, 4) is 0 Å². The maximum Gasteiger partial charge on any atom is 0.306 e. The van der Waals surface area contributed by atoms with E-state index in [1.807, 2.05) is 37.3 Å². The summed E-state index contributed by atoms with van der Waals surface area (Å²) >= 11 is 0. The first-order valence-corrected chi connectivity index (χ1v) is 5.52. The van der Waals surface area contributed by atoms with Crippen molar-refractivity contribution in [1.82, 2.24) is 0 Å². The third-order valence-corrected chi connectivity index (χ3v) is 2.41. The quantitative estimate of drug-likeness (QED) is 0.769. The Kier molecular flexibility index (Phi) is 5.20. The molecule has 0 aliphatic carbocycles. The molecule has 0 aliphatic rings. The number of aliphatic carboxylic acids is 1. The van der Waals surface area contributed by atoms with E-state index in [-0.39, 0.29) is 25.4 Å². The minimum absolute atomic E-state index is 0.0726. The molecule has 1 N–H and O–H groups in total. The van der Waals surface area contributed by atoms with E-state index < -0.39 is 11.9 Å². The van der Waals surface area contributed by atoms with Gasteiger partial charge in [0.1, 0.15) is 0 Å². The first-order chi connectivity index (χ1) is 8.09. The van der Waals surface area contributed by atoms with Gasteiger partial charge in [0.05, 0.1) is 19.4 Å². The molecule has 0 spiro atoms. The van der Waals surface area contributed by atoms with Crippen LogP contribution in [0.5, 0.6) is 0 Å². The molecule has 0 heterocycles. The summed E-state index contributed by atoms with van der Waals surface area (Å²) < 4.78 is 5.01. The van der Waals surface area contributed by atoms with E-state index in [1.54, 1.807) is 0 Å². The minimum atomic E-state index is -0.988. The van der Waals surface area contributed by atoms with E-state index in [0.29, 0.717) is 0 Å². The van der Waals surface area contributed by atoms with Crippen LogP contribution in [0.1, 0.15) is 31.2 Å². The second-order valence-electron chi connectivity index (χ2n) is 3.89. The van der Waals surface area contributed by atoms with Gasteiger partial charge in [-0.25, -0.2) is 0 Å². The molecule has 1 aromatic carbocycles. The minimum Gasteiger partial charge on any atom is -0.481 e. The Morgan fingerprint density at radius 3 is 2.47 bits per heavy atom. The first kappa shape index (κ1) is 13.2. The molecular formula is C13H16O4. The Labute approximate surface area is 100 Å². The van der Waals surface area contributed by atoms with Crippen molar-refractivity contribution in [2.75, 3.05) is 6.61 Å². The summed E-state index contributed by atoms with van der Waals surface area (Å²) in [6.07, 6.45) is -0.255. The highest BCUT2D eigenvalue weighted by molar-refractivity contribution is 5.76. The lowest BCUT2D eigenvalue weighted by molar-refractivity contribution is -0.148. The summed E-state index contributed by atoms with van der Waals surface area (Å²) in [6, 6.07) is 9.72. The zero-order valence-corrected chi connectivity index (χ0v) is 9.76. The number of hydrogen-bond acceptors (Lipinski definition) is 3. The highest BCUT2D eigenvalue weighted by atomic mass is 16.5. The van der Waals surface area contributed by atoms with Gasteiger partial charge in [0.2, 0.25) is 0 Å². The van der Waals surface area contributed by atoms with Crippen molar-refractivity contribution in [2.45, 2.75) is 25.7 Å². The van der Waals surface area contributed by atoms with Crippen LogP contribution < -0.4 is 0 Å². The Morgan fingerprint density at radius 1 is 1.24 bits per heavy atom. The molecule has 0 amide bonds. The first-order valence-electron chi connectivity index (χ1n) is 5.52. The molecule has 0 unspecified atom stereocenters. The van der Waals surface area contributed by atoms with Crippen LogP contribution in [0.15, 0.2) is 30.3 Å². The standard InChI is InChI=1S/C13H16O4/c1-10(11-5-3-2-4-6-11)9-17-13(16)8-7-12(14)15/h2-6,10H,7-9H2,1H3,(H,14,15)/t10-/m0/s1. The average Bonchev–Trinajstić information content (AvgIpc) is 2.34. The Hall–Kier alpha value is -1.84. The van der Waals surface area contributed by atoms with Gasteiger partial charge in [0.15, 0.2) is 0 Å². The lowest BCUT2D eigenvalue weighted by atomic mass is 10.0. The smallest absolute Gasteiger partial charge is 0.306 e. The maximum atomic E-state index is 11.2. The van der Waals surface area contributed by atoms with E-state index in [0.717, 1.165) is 5.56 Å². The summed E-state index contributed by atoms with van der Waals surface area (Å²) in [5.74, 6) is -1.33. The van der Waals surface area contributed by atoms with Crippen molar-refractivity contribution in [2.24, 2.45) is 0 Å². The second kappa shape index (κ2) is 6.68. The van der Waals surface area contributed by atoms with Gasteiger partial charge in [0, 0.05) is 5.92 Å². The van der Waals surface area contributed by atoms with Gasteiger partial charge >= 0.3 is 11.9 Å². The SMILES string of the molecule is C[C@@H](COC(=O)CCC(=O)O)c1ccccc1. The predicted molar refractivity (Wildman–Crippen MR) is 62.7 cm³/mol. The zero-order chi connectivity index (χ0) is 12.7. The number of carbonyl (C=O) groups is 2. The second-order valence-corrected chi connectivity index (χ2v) is 3.89. The van der Waals surface area contributed by atoms with Gasteiger partial charge in [-0.15, -0.1) is 0 Å². The molecule has 0 aromatic heterocycles. The van der Waals surface area contributed by atoms with Crippen molar-refractivity contribution < 1.29 is 19.4 Å². The van der Waals surface area contributed by atoms with Gasteiger partial charge < -0.3 is 9.84 Å². The summed E-state index contributed by atoms with van der Waals surface area (Å²) in [7, 11) is 0. The molecule has 0 bridgehead atoms. The predicted octanol–water partition coefficient (Wildman–Crippen LogP) is 2.20. The molecule has 1 atom stereocenters. The Balaban J connectivity index is 2.31. The number of ether oxygens (including phenoxy) is 1. The van der Waals surface area contributed by atoms with Crippen LogP contribution in [0.2, 0.25) is 0 Å². The van der Waals surface area contributed by atoms with Crippen LogP contribution in [0, 0.1) is 0 Å². The van der Waals surface area contributed by atoms with Crippen molar-refractivity contribution in [3.05, 3.63) is 35.9 Å². The molecule has 0 radical (unpaired) electrons. The third kappa shape index (κ3) is 5.15. The van der Waals surface area contributed by atoms with Crippen LogP contribution in [0.3, 0.4) is 0 Å². The van der Waals surface area contributed by atoms with E-state index in [1.165, 1.54) is 0 Å². The van der Waals surface area contributed by atoms with Crippen molar-refractivity contribution in [3.63, 3.8) is 0 Å². The monoisotopic (exact) mass is 236 g/mol. The topological polar surface area (TPSA) is 63.6 Å². The molecule has 1 aromatic rings. The molecule has 0 aliphatic heterocycles. The zero-order valence-electron chi connectivity index (χ0n) is 9.76. The van der Waals surface area contributed by atoms with Gasteiger partial charge in [-0.05, 0) is 5.56 Å². The summed E-state index contributed by atoms with van der Waals surface area (Å²) in [6.45, 7) is 2.24. The lowest BCUT2D eigenvalue weighted by Crippen LogP contribution is -2.12. The fourth-order valence-corrected chi connectivity index (χ4v) is 1.38. The molecule has 4 heteroatoms. The highest BCUT2D eigenvalue weighted by Gasteiger charge is 2.10. The molecule has 0 saturated heterocycles. The van der Waals surface area contributed by atoms with E-state index in [9.17, 15) is 9.59 Å². The van der Waals surface area contributed by atoms with E-state index in [4.69, 9.17) is 9.84 Å². The summed E-state index contributed by atoms with van der Waals surface area (Å²) in [4.78, 5) is 21.5. The van der Waals surface area contributed by atoms with E-state index in [2.05, 4.69) is 0 Å². The number of benzene rings is 1. The van der Waals surface area contributed by atoms with Gasteiger partial charge in [-0.1, -0.05) is 37.3 Å². The lowest BCUT2D eigenvalue weighted by Gasteiger charge is -2.12. The van der Waals surface area contributed by atoms with Crippen LogP contribution >= 0.6 is 0 Å². The largest absolute Gasteiger partial charge is 0.481 e. The summed E-state index contributed by atoms with van der Waals surface area (Å²) in [5, 5.41) is 8.41. The number of esters is 1. The highest BCUT2D eigenvalue weighted by Crippen LogP contribution is 2.14. The Bertz CT molecular complexity index is 372. The average molecular weight is 236 g/mol. The molecule has 92 valence electrons. The van der Waals surface area contributed by atoms with Crippen LogP contribution in [-0.2, 0) is 14.3 Å². The molecule has 1 rings (SSSR count). The van der Waals surface area contributed by atoms with Gasteiger partial charge in [-0.2, -0.15) is 0 Å². The third-order valence-electron chi connectivity index (χ3n) is 2.41. The van der Waals surface area contributed by atoms with Crippen molar-refractivity contribution in [1.29, 1.82) is 0 Å². The van der Waals surface area contributed by atoms with Crippen LogP contribution in [0.25, 0.3) is 0 Å². The molecular weight excluding hydrogens is 220 g/mol. The van der Waals surface area contributed by atoms with Gasteiger partial charge in [-0.3, -0.25) is 9.59 Å². The molecule has 0 fully saturated rings. The number of carbonyl (C=O) groups excluding carboxylic acids is 1. The normalized spacial score (nSPS) is 11.8. The van der Waals surface area contributed by atoms with Crippen molar-refractivity contribution >= 4 is 11.9 Å².